The lowest BCUT2D eigenvalue weighted by Gasteiger charge is -2.40. The first-order valence-electron chi connectivity index (χ1n) is 6.79. The van der Waals surface area contributed by atoms with Crippen LogP contribution in [0, 0.1) is 0 Å². The van der Waals surface area contributed by atoms with Crippen LogP contribution >= 0.6 is 11.8 Å². The number of aromatic amines is 1. The largest absolute Gasteiger partial charge is 0.394 e. The monoisotopic (exact) mass is 344 g/mol. The smallest absolute Gasteiger partial charge is 0.279 e. The van der Waals surface area contributed by atoms with Crippen molar-refractivity contribution in [2.75, 3.05) is 12.9 Å². The number of fused-ring (bicyclic) bond motifs is 1. The highest BCUT2D eigenvalue weighted by atomic mass is 32.2. The Bertz CT molecular complexity index is 762. The van der Waals surface area contributed by atoms with E-state index in [1.165, 1.54) is 22.7 Å². The zero-order valence-electron chi connectivity index (χ0n) is 12.0. The molecule has 1 aliphatic heterocycles. The van der Waals surface area contributed by atoms with E-state index in [1.807, 2.05) is 0 Å². The van der Waals surface area contributed by atoms with Crippen molar-refractivity contribution in [2.24, 2.45) is 0 Å². The van der Waals surface area contributed by atoms with Gasteiger partial charge in [-0.05, 0) is 6.26 Å². The molecule has 0 bridgehead atoms. The van der Waals surface area contributed by atoms with Gasteiger partial charge in [0.15, 0.2) is 22.5 Å². The quantitative estimate of drug-likeness (QED) is 0.309. The number of aliphatic hydroxyl groups excluding tert-OH is 4. The second-order valence-corrected chi connectivity index (χ2v) is 5.91. The van der Waals surface area contributed by atoms with Crippen molar-refractivity contribution in [2.45, 2.75) is 35.8 Å². The molecule has 1 fully saturated rings. The van der Waals surface area contributed by atoms with Crippen LogP contribution in [0.1, 0.15) is 6.23 Å². The van der Waals surface area contributed by atoms with Crippen molar-refractivity contribution in [1.82, 2.24) is 19.5 Å². The Morgan fingerprint density at radius 2 is 2.09 bits per heavy atom. The van der Waals surface area contributed by atoms with Crippen molar-refractivity contribution in [1.29, 1.82) is 0 Å². The van der Waals surface area contributed by atoms with E-state index in [1.54, 1.807) is 6.26 Å². The second kappa shape index (κ2) is 6.19. The van der Waals surface area contributed by atoms with Crippen LogP contribution in [-0.4, -0.2) is 77.2 Å². The van der Waals surface area contributed by atoms with Crippen molar-refractivity contribution in [3.63, 3.8) is 0 Å². The predicted octanol–water partition coefficient (Wildman–Crippen LogP) is -2.19. The maximum Gasteiger partial charge on any atom is 0.279 e. The molecule has 10 nitrogen and oxygen atoms in total. The lowest BCUT2D eigenvalue weighted by atomic mass is 9.98. The molecule has 0 aromatic carbocycles. The summed E-state index contributed by atoms with van der Waals surface area (Å²) < 4.78 is 6.75. The molecule has 0 amide bonds. The highest BCUT2D eigenvalue weighted by molar-refractivity contribution is 7.98. The van der Waals surface area contributed by atoms with Gasteiger partial charge in [-0.1, -0.05) is 11.8 Å². The van der Waals surface area contributed by atoms with Crippen molar-refractivity contribution >= 4 is 22.9 Å². The van der Waals surface area contributed by atoms with E-state index < -0.39 is 42.8 Å². The van der Waals surface area contributed by atoms with Crippen LogP contribution in [0.5, 0.6) is 0 Å². The molecule has 5 atom stereocenters. The number of hydrogen-bond acceptors (Lipinski definition) is 9. The molecule has 2 aromatic rings. The topological polar surface area (TPSA) is 154 Å². The molecule has 11 heteroatoms. The fraction of sp³-hybridized carbons (Fsp3) is 0.583. The third-order valence-electron chi connectivity index (χ3n) is 3.75. The zero-order valence-corrected chi connectivity index (χ0v) is 12.8. The van der Waals surface area contributed by atoms with Crippen LogP contribution in [0.4, 0.5) is 0 Å². The molecule has 0 saturated carbocycles. The molecule has 3 rings (SSSR count). The average Bonchev–Trinajstić information content (AvgIpc) is 2.97. The summed E-state index contributed by atoms with van der Waals surface area (Å²) in [5.41, 5.74) is -0.218. The van der Waals surface area contributed by atoms with E-state index in [2.05, 4.69) is 15.0 Å². The van der Waals surface area contributed by atoms with Crippen LogP contribution in [0.15, 0.2) is 16.3 Å². The molecular formula is C12H16N4O6S. The van der Waals surface area contributed by atoms with E-state index in [9.17, 15) is 25.2 Å². The summed E-state index contributed by atoms with van der Waals surface area (Å²) in [6.45, 7) is -0.544. The summed E-state index contributed by atoms with van der Waals surface area (Å²) in [6.07, 6.45) is -3.69. The summed E-state index contributed by atoms with van der Waals surface area (Å²) in [6, 6.07) is 0. The molecule has 23 heavy (non-hydrogen) atoms. The number of hydrogen-bond donors (Lipinski definition) is 5. The van der Waals surface area contributed by atoms with Gasteiger partial charge >= 0.3 is 0 Å². The Morgan fingerprint density at radius 1 is 1.35 bits per heavy atom. The molecule has 1 aliphatic rings. The van der Waals surface area contributed by atoms with Gasteiger partial charge in [0.1, 0.15) is 24.4 Å². The normalized spacial score (nSPS) is 31.6. The average molecular weight is 344 g/mol. The summed E-state index contributed by atoms with van der Waals surface area (Å²) in [4.78, 5) is 22.7. The fourth-order valence-electron chi connectivity index (χ4n) is 2.50. The van der Waals surface area contributed by atoms with Gasteiger partial charge in [0.2, 0.25) is 0 Å². The fourth-order valence-corrected chi connectivity index (χ4v) is 2.87. The minimum Gasteiger partial charge on any atom is -0.394 e. The number of rotatable bonds is 3. The van der Waals surface area contributed by atoms with Crippen molar-refractivity contribution in [3.05, 3.63) is 16.7 Å². The van der Waals surface area contributed by atoms with E-state index in [-0.39, 0.29) is 11.2 Å². The SMILES string of the molecule is CSc1nc2c(ncn2C2OC(CO)C(O)C(O)C2O)c(=O)[nH]1. The number of H-pyrrole nitrogens is 1. The Balaban J connectivity index is 2.08. The first-order chi connectivity index (χ1) is 11.0. The van der Waals surface area contributed by atoms with Gasteiger partial charge < -0.3 is 25.2 Å². The Hall–Kier alpha value is -1.50. The van der Waals surface area contributed by atoms with Crippen LogP contribution < -0.4 is 5.56 Å². The number of ether oxygens (including phenoxy) is 1. The van der Waals surface area contributed by atoms with Crippen LogP contribution in [0.2, 0.25) is 0 Å². The zero-order chi connectivity index (χ0) is 16.7. The molecule has 126 valence electrons. The number of aliphatic hydroxyl groups is 4. The molecular weight excluding hydrogens is 328 g/mol. The van der Waals surface area contributed by atoms with Crippen molar-refractivity contribution < 1.29 is 25.2 Å². The highest BCUT2D eigenvalue weighted by Crippen LogP contribution is 2.30. The Morgan fingerprint density at radius 3 is 2.74 bits per heavy atom. The maximum atomic E-state index is 12.0. The van der Waals surface area contributed by atoms with Gasteiger partial charge in [0.25, 0.3) is 5.56 Å². The second-order valence-electron chi connectivity index (χ2n) is 5.12. The van der Waals surface area contributed by atoms with Crippen molar-refractivity contribution in [3.8, 4) is 0 Å². The third kappa shape index (κ3) is 2.65. The number of aromatic nitrogens is 4. The van der Waals surface area contributed by atoms with Gasteiger partial charge in [0.05, 0.1) is 12.9 Å². The van der Waals surface area contributed by atoms with E-state index in [4.69, 9.17) is 4.74 Å². The molecule has 3 heterocycles. The molecule has 1 saturated heterocycles. The predicted molar refractivity (Wildman–Crippen MR) is 78.9 cm³/mol. The lowest BCUT2D eigenvalue weighted by molar-refractivity contribution is -0.250. The number of imidazole rings is 1. The number of thioether (sulfide) groups is 1. The summed E-state index contributed by atoms with van der Waals surface area (Å²) in [7, 11) is 0. The van der Waals surface area contributed by atoms with E-state index >= 15 is 0 Å². The molecule has 0 radical (unpaired) electrons. The number of nitrogens with one attached hydrogen (secondary N) is 1. The lowest BCUT2D eigenvalue weighted by Crippen LogP contribution is -2.56. The van der Waals surface area contributed by atoms with Gasteiger partial charge in [0, 0.05) is 0 Å². The van der Waals surface area contributed by atoms with Crippen LogP contribution in [-0.2, 0) is 4.74 Å². The van der Waals surface area contributed by atoms with E-state index in [0.717, 1.165) is 0 Å². The number of nitrogens with zero attached hydrogens (tertiary/aromatic N) is 3. The first kappa shape index (κ1) is 16.4. The van der Waals surface area contributed by atoms with Gasteiger partial charge in [-0.25, -0.2) is 9.97 Å². The minimum atomic E-state index is -1.52. The summed E-state index contributed by atoms with van der Waals surface area (Å²) >= 11 is 1.22. The van der Waals surface area contributed by atoms with E-state index in [0.29, 0.717) is 5.16 Å². The highest BCUT2D eigenvalue weighted by Gasteiger charge is 2.44. The molecule has 0 spiro atoms. The summed E-state index contributed by atoms with van der Waals surface area (Å²) in [5, 5.41) is 39.5. The Kier molecular flexibility index (Phi) is 4.40. The molecule has 5 unspecified atom stereocenters. The molecule has 2 aromatic heterocycles. The Labute approximate surface area is 133 Å². The third-order valence-corrected chi connectivity index (χ3v) is 4.33. The van der Waals surface area contributed by atoms with Crippen LogP contribution in [0.3, 0.4) is 0 Å². The maximum absolute atomic E-state index is 12.0. The van der Waals surface area contributed by atoms with Gasteiger partial charge in [-0.15, -0.1) is 0 Å². The minimum absolute atomic E-state index is 0.0553. The van der Waals surface area contributed by atoms with Crippen LogP contribution in [0.25, 0.3) is 11.2 Å². The van der Waals surface area contributed by atoms with Gasteiger partial charge in [-0.2, -0.15) is 0 Å². The summed E-state index contributed by atoms with van der Waals surface area (Å²) in [5.74, 6) is 0. The van der Waals surface area contributed by atoms with Gasteiger partial charge in [-0.3, -0.25) is 14.3 Å². The molecule has 5 N–H and O–H groups in total. The standard InChI is InChI=1S/C12H16N4O6S/c1-23-12-14-9-5(10(21)15-12)13-3-16(9)11-8(20)7(19)6(18)4(2-17)22-11/h3-4,6-8,11,17-20H,2H2,1H3,(H,14,15,21). The molecule has 0 aliphatic carbocycles. The first-order valence-corrected chi connectivity index (χ1v) is 8.01.